The van der Waals surface area contributed by atoms with E-state index < -0.39 is 0 Å². The van der Waals surface area contributed by atoms with Crippen LogP contribution in [0.4, 0.5) is 0 Å². The molecule has 1 aromatic carbocycles. The van der Waals surface area contributed by atoms with Gasteiger partial charge < -0.3 is 4.74 Å². The van der Waals surface area contributed by atoms with Crippen molar-refractivity contribution in [3.63, 3.8) is 0 Å². The maximum Gasteiger partial charge on any atom is 0.213 e. The molecule has 1 aromatic rings. The van der Waals surface area contributed by atoms with Crippen LogP contribution >= 0.6 is 0 Å². The van der Waals surface area contributed by atoms with E-state index in [0.717, 1.165) is 24.0 Å². The maximum atomic E-state index is 6.15. The fourth-order valence-corrected chi connectivity index (χ4v) is 3.14. The molecule has 1 aliphatic carbocycles. The number of hydrogen-bond acceptors (Lipinski definition) is 2. The Balaban J connectivity index is 2.40. The lowest BCUT2D eigenvalue weighted by atomic mass is 9.95. The Hall–Kier alpha value is -3.13. The van der Waals surface area contributed by atoms with Gasteiger partial charge in [0.2, 0.25) is 5.88 Å². The Morgan fingerprint density at radius 3 is 2.56 bits per heavy atom. The molecule has 0 spiro atoms. The number of allylic oxidation sites excluding steroid dienone is 9. The van der Waals surface area contributed by atoms with Crippen LogP contribution in [0.25, 0.3) is 5.57 Å². The van der Waals surface area contributed by atoms with Gasteiger partial charge in [-0.15, -0.1) is 0 Å². The molecule has 27 heavy (non-hydrogen) atoms. The van der Waals surface area contributed by atoms with Gasteiger partial charge in [0, 0.05) is 6.21 Å². The highest BCUT2D eigenvalue weighted by atomic mass is 16.5. The molecule has 1 aliphatic rings. The lowest BCUT2D eigenvalue weighted by molar-refractivity contribution is 0.117. The standard InChI is InChI=1S/C25H27NO/c1-6-11-20(18-19(5)9-4)21-13-10-14-23-22(21)15-16-24(23)27-25(12-7-2)26-17-8-3/h6-14,17-18,24H,1-4,15-16H2,5H3/b19-18-,20-11+,25-12+,26-17?. The number of benzene rings is 1. The smallest absolute Gasteiger partial charge is 0.213 e. The molecule has 0 saturated carbocycles. The summed E-state index contributed by atoms with van der Waals surface area (Å²) >= 11 is 0. The lowest BCUT2D eigenvalue weighted by Gasteiger charge is -2.16. The Bertz CT molecular complexity index is 849. The average molecular weight is 357 g/mol. The number of rotatable bonds is 9. The summed E-state index contributed by atoms with van der Waals surface area (Å²) in [7, 11) is 0. The summed E-state index contributed by atoms with van der Waals surface area (Å²) in [6.07, 6.45) is 16.4. The van der Waals surface area contributed by atoms with Crippen LogP contribution in [0.2, 0.25) is 0 Å². The summed E-state index contributed by atoms with van der Waals surface area (Å²) in [5, 5.41) is 0. The van der Waals surface area contributed by atoms with Gasteiger partial charge in [-0.2, -0.15) is 0 Å². The van der Waals surface area contributed by atoms with Gasteiger partial charge in [0.15, 0.2) is 0 Å². The van der Waals surface area contributed by atoms with Crippen LogP contribution in [0.3, 0.4) is 0 Å². The number of nitrogens with zero attached hydrogens (tertiary/aromatic N) is 1. The zero-order valence-corrected chi connectivity index (χ0v) is 16.0. The molecule has 0 saturated heterocycles. The minimum Gasteiger partial charge on any atom is -0.469 e. The van der Waals surface area contributed by atoms with Crippen molar-refractivity contribution < 1.29 is 4.74 Å². The molecule has 0 N–H and O–H groups in total. The van der Waals surface area contributed by atoms with E-state index in [9.17, 15) is 0 Å². The van der Waals surface area contributed by atoms with E-state index in [1.54, 1.807) is 24.4 Å². The van der Waals surface area contributed by atoms with E-state index in [1.165, 1.54) is 16.7 Å². The Morgan fingerprint density at radius 2 is 1.89 bits per heavy atom. The van der Waals surface area contributed by atoms with Crippen LogP contribution in [-0.2, 0) is 11.2 Å². The number of hydrogen-bond donors (Lipinski definition) is 0. The topological polar surface area (TPSA) is 21.6 Å². The van der Waals surface area contributed by atoms with E-state index in [0.29, 0.717) is 5.88 Å². The van der Waals surface area contributed by atoms with Gasteiger partial charge in [-0.3, -0.25) is 0 Å². The van der Waals surface area contributed by atoms with Gasteiger partial charge in [-0.25, -0.2) is 4.99 Å². The lowest BCUT2D eigenvalue weighted by Crippen LogP contribution is -2.00. The van der Waals surface area contributed by atoms with Crippen molar-refractivity contribution in [1.82, 2.24) is 0 Å². The highest BCUT2D eigenvalue weighted by Gasteiger charge is 2.27. The summed E-state index contributed by atoms with van der Waals surface area (Å²) in [6.45, 7) is 17.1. The monoisotopic (exact) mass is 357 g/mol. The largest absolute Gasteiger partial charge is 0.469 e. The molecule has 2 rings (SSSR count). The fraction of sp³-hybridized carbons (Fsp3) is 0.160. The maximum absolute atomic E-state index is 6.15. The molecule has 2 heteroatoms. The summed E-state index contributed by atoms with van der Waals surface area (Å²) < 4.78 is 6.15. The molecule has 0 aliphatic heterocycles. The Morgan fingerprint density at radius 1 is 1.11 bits per heavy atom. The second-order valence-corrected chi connectivity index (χ2v) is 6.22. The molecule has 138 valence electrons. The summed E-state index contributed by atoms with van der Waals surface area (Å²) in [6, 6.07) is 6.36. The van der Waals surface area contributed by atoms with Crippen molar-refractivity contribution in [1.29, 1.82) is 0 Å². The van der Waals surface area contributed by atoms with E-state index in [-0.39, 0.29) is 6.10 Å². The molecule has 0 aromatic heterocycles. The first-order valence-corrected chi connectivity index (χ1v) is 9.04. The normalized spacial score (nSPS) is 17.5. The van der Waals surface area contributed by atoms with Crippen LogP contribution in [0.15, 0.2) is 103 Å². The molecule has 0 heterocycles. The van der Waals surface area contributed by atoms with Gasteiger partial charge in [0.05, 0.1) is 0 Å². The molecule has 0 radical (unpaired) electrons. The Kier molecular flexibility index (Phi) is 7.57. The molecule has 1 unspecified atom stereocenters. The van der Waals surface area contributed by atoms with E-state index in [1.807, 2.05) is 25.2 Å². The van der Waals surface area contributed by atoms with Crippen LogP contribution < -0.4 is 0 Å². The summed E-state index contributed by atoms with van der Waals surface area (Å²) in [5.41, 5.74) is 5.97. The predicted octanol–water partition coefficient (Wildman–Crippen LogP) is 6.68. The molecule has 0 amide bonds. The minimum atomic E-state index is -0.0254. The number of fused-ring (bicyclic) bond motifs is 1. The third-order valence-corrected chi connectivity index (χ3v) is 4.36. The van der Waals surface area contributed by atoms with Gasteiger partial charge in [0.1, 0.15) is 6.10 Å². The van der Waals surface area contributed by atoms with Crippen LogP contribution in [0.5, 0.6) is 0 Å². The minimum absolute atomic E-state index is 0.0254. The summed E-state index contributed by atoms with van der Waals surface area (Å²) in [4.78, 5) is 4.29. The molecule has 0 fully saturated rings. The molecule has 1 atom stereocenters. The van der Waals surface area contributed by atoms with E-state index >= 15 is 0 Å². The third kappa shape index (κ3) is 5.18. The van der Waals surface area contributed by atoms with Gasteiger partial charge in [-0.05, 0) is 48.1 Å². The Labute approximate surface area is 163 Å². The van der Waals surface area contributed by atoms with E-state index in [2.05, 4.69) is 55.6 Å². The third-order valence-electron chi connectivity index (χ3n) is 4.36. The molecule has 2 nitrogen and oxygen atoms in total. The second-order valence-electron chi connectivity index (χ2n) is 6.22. The molecular weight excluding hydrogens is 330 g/mol. The van der Waals surface area contributed by atoms with Crippen molar-refractivity contribution in [3.8, 4) is 0 Å². The number of aliphatic imine (C=N–C) groups is 1. The first kappa shape index (κ1) is 20.2. The predicted molar refractivity (Wildman–Crippen MR) is 118 cm³/mol. The van der Waals surface area contributed by atoms with Gasteiger partial charge in [-0.1, -0.05) is 86.5 Å². The van der Waals surface area contributed by atoms with Crippen molar-refractivity contribution in [2.45, 2.75) is 25.9 Å². The van der Waals surface area contributed by atoms with Gasteiger partial charge in [0.25, 0.3) is 0 Å². The SMILES string of the molecule is C=CC=N/C(=C\C=C)OC1CCc2c(C(/C=C(/C)C=C)=C/C=C)cccc21. The van der Waals surface area contributed by atoms with Crippen molar-refractivity contribution >= 4 is 11.8 Å². The quantitative estimate of drug-likeness (QED) is 0.274. The number of ether oxygens (including phenoxy) is 1. The zero-order valence-electron chi connectivity index (χ0n) is 16.0. The van der Waals surface area contributed by atoms with Crippen LogP contribution in [-0.4, -0.2) is 6.21 Å². The van der Waals surface area contributed by atoms with Crippen LogP contribution in [0, 0.1) is 0 Å². The van der Waals surface area contributed by atoms with Crippen molar-refractivity contribution in [2.75, 3.05) is 0 Å². The zero-order chi connectivity index (χ0) is 19.6. The van der Waals surface area contributed by atoms with Crippen LogP contribution in [0.1, 0.15) is 36.1 Å². The van der Waals surface area contributed by atoms with Crippen molar-refractivity contribution in [2.24, 2.45) is 4.99 Å². The van der Waals surface area contributed by atoms with Crippen molar-refractivity contribution in [3.05, 3.63) is 115 Å². The highest BCUT2D eigenvalue weighted by Crippen LogP contribution is 2.39. The van der Waals surface area contributed by atoms with E-state index in [4.69, 9.17) is 4.74 Å². The first-order chi connectivity index (χ1) is 13.1. The average Bonchev–Trinajstić information content (AvgIpc) is 3.08. The second kappa shape index (κ2) is 10.1. The highest BCUT2D eigenvalue weighted by molar-refractivity contribution is 5.79. The molecular formula is C25H27NO. The first-order valence-electron chi connectivity index (χ1n) is 9.04. The fourth-order valence-electron chi connectivity index (χ4n) is 3.14. The molecule has 0 bridgehead atoms. The van der Waals surface area contributed by atoms with Gasteiger partial charge >= 0.3 is 0 Å². The summed E-state index contributed by atoms with van der Waals surface area (Å²) in [5.74, 6) is 0.539.